The predicted molar refractivity (Wildman–Crippen MR) is 64.2 cm³/mol. The van der Waals surface area contributed by atoms with Crippen LogP contribution in [0.15, 0.2) is 0 Å². The Hall–Kier alpha value is -1.14. The van der Waals surface area contributed by atoms with Crippen LogP contribution >= 0.6 is 0 Å². The van der Waals surface area contributed by atoms with Crippen LogP contribution in [0.5, 0.6) is 0 Å². The first kappa shape index (κ1) is 13.3. The maximum atomic E-state index is 11.3. The van der Waals surface area contributed by atoms with E-state index in [9.17, 15) is 9.59 Å². The topological polar surface area (TPSA) is 78.9 Å². The van der Waals surface area contributed by atoms with Crippen LogP contribution < -0.4 is 5.32 Å². The van der Waals surface area contributed by atoms with Gasteiger partial charge >= 0.3 is 5.97 Å². The summed E-state index contributed by atoms with van der Waals surface area (Å²) in [4.78, 5) is 23.8. The van der Waals surface area contributed by atoms with Gasteiger partial charge in [0.1, 0.15) is 0 Å². The van der Waals surface area contributed by atoms with Gasteiger partial charge in [0, 0.05) is 32.6 Å². The first-order chi connectivity index (χ1) is 8.56. The molecule has 0 radical (unpaired) electrons. The first-order valence-electron chi connectivity index (χ1n) is 6.42. The number of nitrogens with one attached hydrogen (secondary N) is 1. The predicted octanol–water partition coefficient (Wildman–Crippen LogP) is -0.171. The molecule has 3 atom stereocenters. The molecule has 0 bridgehead atoms. The second-order valence-electron chi connectivity index (χ2n) is 5.08. The van der Waals surface area contributed by atoms with E-state index in [1.165, 1.54) is 0 Å². The first-order valence-corrected chi connectivity index (χ1v) is 6.42. The van der Waals surface area contributed by atoms with Crippen molar-refractivity contribution in [2.45, 2.75) is 43.9 Å². The van der Waals surface area contributed by atoms with E-state index in [-0.39, 0.29) is 12.0 Å². The molecule has 2 rings (SSSR count). The Morgan fingerprint density at radius 2 is 2.28 bits per heavy atom. The summed E-state index contributed by atoms with van der Waals surface area (Å²) in [7, 11) is 1.81. The molecule has 2 heterocycles. The molecule has 1 amide bonds. The molecule has 0 aliphatic carbocycles. The molecular formula is C12H20N2O4. The van der Waals surface area contributed by atoms with Gasteiger partial charge in [-0.25, -0.2) is 4.79 Å². The van der Waals surface area contributed by atoms with Gasteiger partial charge in [0.2, 0.25) is 5.91 Å². The number of carboxylic acids is 1. The summed E-state index contributed by atoms with van der Waals surface area (Å²) in [5.74, 6) is -0.684. The van der Waals surface area contributed by atoms with Crippen LogP contribution in [0, 0.1) is 0 Å². The zero-order valence-corrected chi connectivity index (χ0v) is 10.6. The molecule has 0 saturated carbocycles. The Morgan fingerprint density at radius 1 is 1.50 bits per heavy atom. The summed E-state index contributed by atoms with van der Waals surface area (Å²) in [6.45, 7) is 1.38. The third-order valence-corrected chi connectivity index (χ3v) is 3.64. The summed E-state index contributed by atoms with van der Waals surface area (Å²) < 4.78 is 5.42. The van der Waals surface area contributed by atoms with Crippen molar-refractivity contribution in [3.8, 4) is 0 Å². The van der Waals surface area contributed by atoms with Gasteiger partial charge in [-0.05, 0) is 19.3 Å². The Bertz CT molecular complexity index is 334. The van der Waals surface area contributed by atoms with Gasteiger partial charge in [-0.3, -0.25) is 4.79 Å². The fraction of sp³-hybridized carbons (Fsp3) is 0.833. The van der Waals surface area contributed by atoms with Gasteiger partial charge in [0.25, 0.3) is 0 Å². The molecule has 2 saturated heterocycles. The lowest BCUT2D eigenvalue weighted by molar-refractivity contribution is -0.149. The molecule has 2 aliphatic rings. The second-order valence-corrected chi connectivity index (χ2v) is 5.08. The number of amides is 1. The van der Waals surface area contributed by atoms with E-state index >= 15 is 0 Å². The molecular weight excluding hydrogens is 236 g/mol. The maximum absolute atomic E-state index is 11.3. The monoisotopic (exact) mass is 256 g/mol. The summed E-state index contributed by atoms with van der Waals surface area (Å²) in [6.07, 6.45) is 2.13. The summed E-state index contributed by atoms with van der Waals surface area (Å²) >= 11 is 0. The number of hydrogen-bond donors (Lipinski definition) is 2. The van der Waals surface area contributed by atoms with Crippen molar-refractivity contribution in [1.82, 2.24) is 10.2 Å². The lowest BCUT2D eigenvalue weighted by atomic mass is 10.1. The van der Waals surface area contributed by atoms with Crippen LogP contribution in [0.25, 0.3) is 0 Å². The molecule has 2 aliphatic heterocycles. The zero-order valence-electron chi connectivity index (χ0n) is 10.6. The molecule has 2 N–H and O–H groups in total. The Kier molecular flexibility index (Phi) is 4.19. The zero-order chi connectivity index (χ0) is 13.1. The SMILES string of the molecule is CN1CC(NCC2CCC(C(=O)O)O2)CCC1=O. The van der Waals surface area contributed by atoms with Gasteiger partial charge in [0.05, 0.1) is 6.10 Å². The maximum Gasteiger partial charge on any atom is 0.332 e. The molecule has 18 heavy (non-hydrogen) atoms. The van der Waals surface area contributed by atoms with Crippen LogP contribution in [0.3, 0.4) is 0 Å². The quantitative estimate of drug-likeness (QED) is 0.730. The largest absolute Gasteiger partial charge is 0.479 e. The minimum atomic E-state index is -0.875. The molecule has 0 aromatic heterocycles. The van der Waals surface area contributed by atoms with Crippen LogP contribution in [0.1, 0.15) is 25.7 Å². The van der Waals surface area contributed by atoms with Crippen molar-refractivity contribution in [2.75, 3.05) is 20.1 Å². The average molecular weight is 256 g/mol. The molecule has 6 nitrogen and oxygen atoms in total. The van der Waals surface area contributed by atoms with E-state index in [0.717, 1.165) is 12.8 Å². The van der Waals surface area contributed by atoms with Crippen molar-refractivity contribution in [1.29, 1.82) is 0 Å². The average Bonchev–Trinajstić information content (AvgIpc) is 2.79. The van der Waals surface area contributed by atoms with Crippen LogP contribution in [0.2, 0.25) is 0 Å². The van der Waals surface area contributed by atoms with Crippen molar-refractivity contribution in [2.24, 2.45) is 0 Å². The highest BCUT2D eigenvalue weighted by atomic mass is 16.5. The number of carbonyl (C=O) groups is 2. The fourth-order valence-electron chi connectivity index (χ4n) is 2.51. The van der Waals surface area contributed by atoms with E-state index in [0.29, 0.717) is 32.0 Å². The lowest BCUT2D eigenvalue weighted by Gasteiger charge is -2.31. The number of likely N-dealkylation sites (tertiary alicyclic amines) is 1. The number of nitrogens with zero attached hydrogens (tertiary/aromatic N) is 1. The summed E-state index contributed by atoms with van der Waals surface area (Å²) in [6, 6.07) is 0.292. The highest BCUT2D eigenvalue weighted by molar-refractivity contribution is 5.76. The minimum absolute atomic E-state index is 0.0194. The number of piperidine rings is 1. The van der Waals surface area contributed by atoms with Crippen LogP contribution in [-0.4, -0.2) is 60.3 Å². The van der Waals surface area contributed by atoms with Crippen molar-refractivity contribution < 1.29 is 19.4 Å². The van der Waals surface area contributed by atoms with Gasteiger partial charge in [-0.15, -0.1) is 0 Å². The Morgan fingerprint density at radius 3 is 2.89 bits per heavy atom. The molecule has 0 spiro atoms. The number of ether oxygens (including phenoxy) is 1. The normalized spacial score (nSPS) is 32.8. The standard InChI is InChI=1S/C12H20N2O4/c1-14-7-8(2-5-11(14)15)13-6-9-3-4-10(18-9)12(16)17/h8-10,13H,2-7H2,1H3,(H,16,17). The Labute approximate surface area is 106 Å². The van der Waals surface area contributed by atoms with Crippen LogP contribution in [-0.2, 0) is 14.3 Å². The number of carboxylic acid groups (broad SMARTS) is 1. The highest BCUT2D eigenvalue weighted by Gasteiger charge is 2.31. The number of likely N-dealkylation sites (N-methyl/N-ethyl adjacent to an activating group) is 1. The van der Waals surface area contributed by atoms with Gasteiger partial charge in [-0.1, -0.05) is 0 Å². The van der Waals surface area contributed by atoms with E-state index < -0.39 is 12.1 Å². The van der Waals surface area contributed by atoms with Crippen molar-refractivity contribution >= 4 is 11.9 Å². The van der Waals surface area contributed by atoms with E-state index in [2.05, 4.69) is 5.32 Å². The summed E-state index contributed by atoms with van der Waals surface area (Å²) in [5, 5.41) is 12.2. The molecule has 0 aromatic rings. The molecule has 102 valence electrons. The lowest BCUT2D eigenvalue weighted by Crippen LogP contribution is -2.48. The van der Waals surface area contributed by atoms with Crippen LogP contribution in [0.4, 0.5) is 0 Å². The fourth-order valence-corrected chi connectivity index (χ4v) is 2.51. The number of rotatable bonds is 4. The van der Waals surface area contributed by atoms with Gasteiger partial charge in [-0.2, -0.15) is 0 Å². The molecule has 0 aromatic carbocycles. The number of carbonyl (C=O) groups excluding carboxylic acids is 1. The molecule has 3 unspecified atom stereocenters. The van der Waals surface area contributed by atoms with E-state index in [1.807, 2.05) is 7.05 Å². The third-order valence-electron chi connectivity index (χ3n) is 3.64. The van der Waals surface area contributed by atoms with Gasteiger partial charge in [0.15, 0.2) is 6.10 Å². The molecule has 6 heteroatoms. The van der Waals surface area contributed by atoms with E-state index in [1.54, 1.807) is 4.90 Å². The smallest absolute Gasteiger partial charge is 0.332 e. The molecule has 2 fully saturated rings. The Balaban J connectivity index is 1.70. The minimum Gasteiger partial charge on any atom is -0.479 e. The number of aliphatic carboxylic acids is 1. The van der Waals surface area contributed by atoms with E-state index in [4.69, 9.17) is 9.84 Å². The highest BCUT2D eigenvalue weighted by Crippen LogP contribution is 2.19. The van der Waals surface area contributed by atoms with Crippen molar-refractivity contribution in [3.63, 3.8) is 0 Å². The third kappa shape index (κ3) is 3.20. The second kappa shape index (κ2) is 5.67. The van der Waals surface area contributed by atoms with Gasteiger partial charge < -0.3 is 20.1 Å². The summed E-state index contributed by atoms with van der Waals surface area (Å²) in [5.41, 5.74) is 0. The number of hydrogen-bond acceptors (Lipinski definition) is 4. The van der Waals surface area contributed by atoms with Crippen molar-refractivity contribution in [3.05, 3.63) is 0 Å².